The molecule has 5 nitrogen and oxygen atoms in total. The van der Waals surface area contributed by atoms with E-state index in [9.17, 15) is 9.90 Å². The molecule has 0 saturated carbocycles. The van der Waals surface area contributed by atoms with E-state index in [1.807, 2.05) is 61.6 Å². The van der Waals surface area contributed by atoms with Gasteiger partial charge in [0.15, 0.2) is 5.60 Å². The van der Waals surface area contributed by atoms with E-state index in [4.69, 9.17) is 11.6 Å². The van der Waals surface area contributed by atoms with Crippen molar-refractivity contribution >= 4 is 33.3 Å². The number of aryl methyl sites for hydroxylation is 1. The number of rotatable bonds is 4. The van der Waals surface area contributed by atoms with E-state index in [-0.39, 0.29) is 5.56 Å². The average Bonchev–Trinajstić information content (AvgIpc) is 3.34. The Morgan fingerprint density at radius 3 is 2.39 bits per heavy atom. The molecule has 0 aliphatic rings. The van der Waals surface area contributed by atoms with Crippen molar-refractivity contribution in [2.24, 2.45) is 7.05 Å². The summed E-state index contributed by atoms with van der Waals surface area (Å²) < 4.78 is 1.80. The largest absolute Gasteiger partial charge is 0.374 e. The molecule has 2 N–H and O–H groups in total. The van der Waals surface area contributed by atoms with E-state index < -0.39 is 5.60 Å². The maximum atomic E-state index is 12.7. The molecule has 0 amide bonds. The van der Waals surface area contributed by atoms with Gasteiger partial charge in [-0.05, 0) is 57.3 Å². The second kappa shape index (κ2) is 8.48. The van der Waals surface area contributed by atoms with Crippen molar-refractivity contribution in [1.29, 1.82) is 0 Å². The number of aromatic nitrogens is 3. The van der Waals surface area contributed by atoms with Gasteiger partial charge in [-0.3, -0.25) is 4.79 Å². The fourth-order valence-corrected chi connectivity index (χ4v) is 5.15. The van der Waals surface area contributed by atoms with Crippen molar-refractivity contribution in [3.63, 3.8) is 0 Å². The van der Waals surface area contributed by atoms with Gasteiger partial charge < -0.3 is 14.7 Å². The molecular formula is C30H22ClN3O2. The van der Waals surface area contributed by atoms with Crippen molar-refractivity contribution in [1.82, 2.24) is 14.5 Å². The van der Waals surface area contributed by atoms with E-state index in [0.717, 1.165) is 27.3 Å². The molecule has 4 aromatic carbocycles. The topological polar surface area (TPSA) is 70.9 Å². The van der Waals surface area contributed by atoms with E-state index >= 15 is 0 Å². The summed E-state index contributed by atoms with van der Waals surface area (Å²) in [6, 6.07) is 28.6. The molecule has 2 aromatic heterocycles. The van der Waals surface area contributed by atoms with Crippen molar-refractivity contribution in [3.05, 3.63) is 136 Å². The number of fused-ring (bicyclic) bond motifs is 2. The lowest BCUT2D eigenvalue weighted by Gasteiger charge is -2.30. The Morgan fingerprint density at radius 2 is 1.61 bits per heavy atom. The fourth-order valence-electron chi connectivity index (χ4n) is 5.02. The Balaban J connectivity index is 1.66. The summed E-state index contributed by atoms with van der Waals surface area (Å²) in [6.45, 7) is 0. The lowest BCUT2D eigenvalue weighted by Crippen LogP contribution is -2.31. The minimum absolute atomic E-state index is 0.183. The minimum atomic E-state index is -1.50. The number of H-pyrrole nitrogens is 1. The van der Waals surface area contributed by atoms with Crippen LogP contribution >= 0.6 is 11.6 Å². The second-order valence-corrected chi connectivity index (χ2v) is 9.38. The standard InChI is InChI=1S/C30H22ClN3O2/c1-34-18-32-17-28(34)30(36,20-9-12-22(31)13-10-20)21-11-14-27-26(15-21)25(16-29(35)33-27)24-8-4-6-19-5-2-3-7-23(19)24/h2-18,36H,1H3,(H,33,35). The van der Waals surface area contributed by atoms with Gasteiger partial charge >= 0.3 is 0 Å². The Morgan fingerprint density at radius 1 is 0.861 bits per heavy atom. The number of nitrogens with zero attached hydrogens (tertiary/aromatic N) is 2. The molecule has 1 unspecified atom stereocenters. The number of nitrogens with one attached hydrogen (secondary N) is 1. The van der Waals surface area contributed by atoms with Crippen LogP contribution in [0.2, 0.25) is 5.02 Å². The molecule has 2 heterocycles. The van der Waals surface area contributed by atoms with E-state index in [1.54, 1.807) is 35.3 Å². The highest BCUT2D eigenvalue weighted by Crippen LogP contribution is 2.40. The molecule has 6 aromatic rings. The van der Waals surface area contributed by atoms with Crippen LogP contribution in [-0.2, 0) is 12.6 Å². The lowest BCUT2D eigenvalue weighted by atomic mass is 9.82. The Bertz CT molecular complexity index is 1800. The molecule has 36 heavy (non-hydrogen) atoms. The fraction of sp³-hybridized carbons (Fsp3) is 0.0667. The molecule has 6 rings (SSSR count). The maximum absolute atomic E-state index is 12.7. The normalized spacial score (nSPS) is 13.2. The third-order valence-corrected chi connectivity index (χ3v) is 7.04. The van der Waals surface area contributed by atoms with Crippen LogP contribution in [0.4, 0.5) is 0 Å². The summed E-state index contributed by atoms with van der Waals surface area (Å²) in [5, 5.41) is 15.9. The first-order valence-corrected chi connectivity index (χ1v) is 11.9. The van der Waals surface area contributed by atoms with Crippen LogP contribution in [0.1, 0.15) is 16.8 Å². The Kier molecular flexibility index (Phi) is 5.25. The first kappa shape index (κ1) is 22.3. The number of imidazole rings is 1. The predicted octanol–water partition coefficient (Wildman–Crippen LogP) is 6.02. The molecular weight excluding hydrogens is 470 g/mol. The van der Waals surface area contributed by atoms with Crippen LogP contribution in [0.25, 0.3) is 32.8 Å². The first-order chi connectivity index (χ1) is 17.4. The zero-order valence-electron chi connectivity index (χ0n) is 19.4. The van der Waals surface area contributed by atoms with E-state index in [2.05, 4.69) is 28.2 Å². The average molecular weight is 492 g/mol. The van der Waals surface area contributed by atoms with Crippen LogP contribution in [0, 0.1) is 0 Å². The summed E-state index contributed by atoms with van der Waals surface area (Å²) >= 11 is 6.16. The molecule has 176 valence electrons. The van der Waals surface area contributed by atoms with Gasteiger partial charge in [-0.2, -0.15) is 0 Å². The van der Waals surface area contributed by atoms with Crippen LogP contribution < -0.4 is 5.56 Å². The number of benzene rings is 4. The second-order valence-electron chi connectivity index (χ2n) is 8.94. The molecule has 6 heteroatoms. The zero-order valence-corrected chi connectivity index (χ0v) is 20.2. The van der Waals surface area contributed by atoms with Crippen molar-refractivity contribution in [3.8, 4) is 11.1 Å². The van der Waals surface area contributed by atoms with Crippen LogP contribution in [-0.4, -0.2) is 19.6 Å². The van der Waals surface area contributed by atoms with Crippen LogP contribution in [0.3, 0.4) is 0 Å². The number of hydrogen-bond acceptors (Lipinski definition) is 3. The summed E-state index contributed by atoms with van der Waals surface area (Å²) in [4.78, 5) is 19.9. The highest BCUT2D eigenvalue weighted by Gasteiger charge is 2.37. The quantitative estimate of drug-likeness (QED) is 0.317. The monoisotopic (exact) mass is 491 g/mol. The maximum Gasteiger partial charge on any atom is 0.249 e. The van der Waals surface area contributed by atoms with Gasteiger partial charge in [0.1, 0.15) is 0 Å². The number of halogens is 1. The molecule has 0 fully saturated rings. The summed E-state index contributed by atoms with van der Waals surface area (Å²) in [7, 11) is 1.85. The van der Waals surface area contributed by atoms with Gasteiger partial charge in [0, 0.05) is 29.0 Å². The summed E-state index contributed by atoms with van der Waals surface area (Å²) in [5.74, 6) is 0. The summed E-state index contributed by atoms with van der Waals surface area (Å²) in [5.41, 5.74) is 2.68. The van der Waals surface area contributed by atoms with Crippen molar-refractivity contribution in [2.45, 2.75) is 5.60 Å². The van der Waals surface area contributed by atoms with E-state index in [0.29, 0.717) is 27.4 Å². The molecule has 0 spiro atoms. The Labute approximate surface area is 212 Å². The third-order valence-electron chi connectivity index (χ3n) is 6.79. The SMILES string of the molecule is Cn1cncc1C(O)(c1ccc(Cl)cc1)c1ccc2[nH]c(=O)cc(-c3cccc4ccccc34)c2c1. The smallest absolute Gasteiger partial charge is 0.249 e. The molecule has 0 aliphatic carbocycles. The minimum Gasteiger partial charge on any atom is -0.374 e. The van der Waals surface area contributed by atoms with Crippen LogP contribution in [0.15, 0.2) is 108 Å². The number of aromatic amines is 1. The van der Waals surface area contributed by atoms with Gasteiger partial charge in [-0.25, -0.2) is 4.98 Å². The molecule has 0 radical (unpaired) electrons. The van der Waals surface area contributed by atoms with Crippen LogP contribution in [0.5, 0.6) is 0 Å². The van der Waals surface area contributed by atoms with Gasteiger partial charge in [-0.15, -0.1) is 0 Å². The summed E-state index contributed by atoms with van der Waals surface area (Å²) in [6.07, 6.45) is 3.33. The van der Waals surface area contributed by atoms with Gasteiger partial charge in [0.05, 0.1) is 18.2 Å². The van der Waals surface area contributed by atoms with Crippen molar-refractivity contribution in [2.75, 3.05) is 0 Å². The third kappa shape index (κ3) is 3.52. The predicted molar refractivity (Wildman–Crippen MR) is 144 cm³/mol. The molecule has 1 atom stereocenters. The van der Waals surface area contributed by atoms with Gasteiger partial charge in [0.2, 0.25) is 5.56 Å². The van der Waals surface area contributed by atoms with E-state index in [1.165, 1.54) is 0 Å². The number of hydrogen-bond donors (Lipinski definition) is 2. The number of pyridine rings is 1. The highest BCUT2D eigenvalue weighted by molar-refractivity contribution is 6.30. The first-order valence-electron chi connectivity index (χ1n) is 11.6. The zero-order chi connectivity index (χ0) is 24.9. The highest BCUT2D eigenvalue weighted by atomic mass is 35.5. The van der Waals surface area contributed by atoms with Crippen molar-refractivity contribution < 1.29 is 5.11 Å². The lowest BCUT2D eigenvalue weighted by molar-refractivity contribution is 0.117. The van der Waals surface area contributed by atoms with Gasteiger partial charge in [0.25, 0.3) is 0 Å². The number of aliphatic hydroxyl groups is 1. The molecule has 0 bridgehead atoms. The van der Waals surface area contributed by atoms with Gasteiger partial charge in [-0.1, -0.05) is 72.3 Å². The Hall–Kier alpha value is -4.19. The molecule has 0 saturated heterocycles. The molecule has 0 aliphatic heterocycles.